The second-order valence-corrected chi connectivity index (χ2v) is 4.99. The summed E-state index contributed by atoms with van der Waals surface area (Å²) >= 11 is 0. The summed E-state index contributed by atoms with van der Waals surface area (Å²) in [4.78, 5) is 22.4. The quantitative estimate of drug-likeness (QED) is 0.879. The summed E-state index contributed by atoms with van der Waals surface area (Å²) in [5, 5.41) is 15.7. The van der Waals surface area contributed by atoms with E-state index in [2.05, 4.69) is 10.4 Å². The number of hydrogen-bond donors (Lipinski definition) is 2. The molecule has 0 aliphatic heterocycles. The summed E-state index contributed by atoms with van der Waals surface area (Å²) in [6.45, 7) is 4.10. The molecule has 0 spiro atoms. The van der Waals surface area contributed by atoms with Crippen molar-refractivity contribution in [3.05, 3.63) is 47.8 Å². The van der Waals surface area contributed by atoms with Crippen LogP contribution in [-0.4, -0.2) is 26.8 Å². The Hall–Kier alpha value is -2.63. The summed E-state index contributed by atoms with van der Waals surface area (Å²) in [7, 11) is 0. The first kappa shape index (κ1) is 14.8. The zero-order chi connectivity index (χ0) is 15.4. The third-order valence-corrected chi connectivity index (χ3v) is 2.97. The molecule has 1 aromatic heterocycles. The number of aromatic carboxylic acids is 1. The van der Waals surface area contributed by atoms with Gasteiger partial charge in [-0.1, -0.05) is 26.0 Å². The van der Waals surface area contributed by atoms with Crippen LogP contribution in [0, 0.1) is 5.92 Å². The Morgan fingerprint density at radius 3 is 2.71 bits per heavy atom. The van der Waals surface area contributed by atoms with E-state index in [9.17, 15) is 9.59 Å². The van der Waals surface area contributed by atoms with Crippen LogP contribution in [0.3, 0.4) is 0 Å². The molecule has 1 aromatic carbocycles. The molecule has 0 bridgehead atoms. The number of carboxylic acids is 1. The number of carbonyl (C=O) groups is 2. The second kappa shape index (κ2) is 6.21. The van der Waals surface area contributed by atoms with Crippen LogP contribution in [0.4, 0.5) is 0 Å². The number of nitrogens with zero attached hydrogens (tertiary/aromatic N) is 2. The van der Waals surface area contributed by atoms with Crippen molar-refractivity contribution >= 4 is 11.9 Å². The summed E-state index contributed by atoms with van der Waals surface area (Å²) in [6, 6.07) is 8.86. The Morgan fingerprint density at radius 2 is 2.10 bits per heavy atom. The van der Waals surface area contributed by atoms with Gasteiger partial charge in [-0.15, -0.1) is 0 Å². The summed E-state index contributed by atoms with van der Waals surface area (Å²) < 4.78 is 1.50. The lowest BCUT2D eigenvalue weighted by molar-refractivity contribution is -0.124. The van der Waals surface area contributed by atoms with Gasteiger partial charge in [0, 0.05) is 18.7 Å². The molecule has 1 heterocycles. The maximum Gasteiger partial charge on any atom is 0.356 e. The van der Waals surface area contributed by atoms with Crippen LogP contribution < -0.4 is 5.32 Å². The van der Waals surface area contributed by atoms with Crippen LogP contribution in [0.15, 0.2) is 36.5 Å². The van der Waals surface area contributed by atoms with Crippen molar-refractivity contribution in [2.45, 2.75) is 20.4 Å². The molecular weight excluding hydrogens is 270 g/mol. The van der Waals surface area contributed by atoms with Gasteiger partial charge < -0.3 is 10.4 Å². The highest BCUT2D eigenvalue weighted by Crippen LogP contribution is 2.11. The van der Waals surface area contributed by atoms with Crippen LogP contribution >= 0.6 is 0 Å². The first-order valence-electron chi connectivity index (χ1n) is 6.63. The standard InChI is InChI=1S/C15H17N3O3/c1-10(2)14(19)16-9-11-4-3-5-12(8-11)18-7-6-13(17-18)15(20)21/h3-8,10H,9H2,1-2H3,(H,16,19)(H,20,21). The van der Waals surface area contributed by atoms with Gasteiger partial charge in [0.1, 0.15) is 0 Å². The molecular formula is C15H17N3O3. The van der Waals surface area contributed by atoms with Gasteiger partial charge in [-0.2, -0.15) is 5.10 Å². The van der Waals surface area contributed by atoms with Gasteiger partial charge >= 0.3 is 5.97 Å². The van der Waals surface area contributed by atoms with Crippen LogP contribution in [0.2, 0.25) is 0 Å². The second-order valence-electron chi connectivity index (χ2n) is 4.99. The topological polar surface area (TPSA) is 84.2 Å². The Kier molecular flexibility index (Phi) is 4.37. The molecule has 6 nitrogen and oxygen atoms in total. The average Bonchev–Trinajstić information content (AvgIpc) is 2.95. The van der Waals surface area contributed by atoms with Crippen molar-refractivity contribution in [1.29, 1.82) is 0 Å². The molecule has 21 heavy (non-hydrogen) atoms. The van der Waals surface area contributed by atoms with E-state index in [4.69, 9.17) is 5.11 Å². The predicted molar refractivity (Wildman–Crippen MR) is 77.2 cm³/mol. The smallest absolute Gasteiger partial charge is 0.356 e. The molecule has 2 N–H and O–H groups in total. The summed E-state index contributed by atoms with van der Waals surface area (Å²) in [5.41, 5.74) is 1.67. The zero-order valence-corrected chi connectivity index (χ0v) is 11.9. The Morgan fingerprint density at radius 1 is 1.33 bits per heavy atom. The van der Waals surface area contributed by atoms with E-state index in [1.165, 1.54) is 10.7 Å². The lowest BCUT2D eigenvalue weighted by Crippen LogP contribution is -2.27. The van der Waals surface area contributed by atoms with Crippen LogP contribution in [0.25, 0.3) is 5.69 Å². The van der Waals surface area contributed by atoms with E-state index in [1.54, 1.807) is 6.20 Å². The monoisotopic (exact) mass is 287 g/mol. The fourth-order valence-corrected chi connectivity index (χ4v) is 1.78. The Labute approximate surface area is 122 Å². The molecule has 110 valence electrons. The fourth-order valence-electron chi connectivity index (χ4n) is 1.78. The van der Waals surface area contributed by atoms with E-state index in [0.29, 0.717) is 6.54 Å². The third kappa shape index (κ3) is 3.68. The first-order valence-corrected chi connectivity index (χ1v) is 6.63. The van der Waals surface area contributed by atoms with Crippen molar-refractivity contribution in [1.82, 2.24) is 15.1 Å². The van der Waals surface area contributed by atoms with Gasteiger partial charge in [0.25, 0.3) is 0 Å². The molecule has 2 aromatic rings. The van der Waals surface area contributed by atoms with E-state index in [0.717, 1.165) is 11.3 Å². The molecule has 0 aliphatic rings. The fraction of sp³-hybridized carbons (Fsp3) is 0.267. The van der Waals surface area contributed by atoms with Crippen molar-refractivity contribution in [3.8, 4) is 5.69 Å². The molecule has 0 unspecified atom stereocenters. The number of carbonyl (C=O) groups excluding carboxylic acids is 1. The van der Waals surface area contributed by atoms with Gasteiger partial charge in [-0.25, -0.2) is 9.48 Å². The molecule has 0 radical (unpaired) electrons. The number of nitrogens with one attached hydrogen (secondary N) is 1. The number of amides is 1. The molecule has 6 heteroatoms. The maximum atomic E-state index is 11.6. The maximum absolute atomic E-state index is 11.6. The molecule has 0 atom stereocenters. The van der Waals surface area contributed by atoms with Crippen molar-refractivity contribution < 1.29 is 14.7 Å². The highest BCUT2D eigenvalue weighted by atomic mass is 16.4. The average molecular weight is 287 g/mol. The molecule has 1 amide bonds. The Balaban J connectivity index is 2.13. The lowest BCUT2D eigenvalue weighted by atomic mass is 10.1. The largest absolute Gasteiger partial charge is 0.476 e. The third-order valence-electron chi connectivity index (χ3n) is 2.97. The number of rotatable bonds is 5. The highest BCUT2D eigenvalue weighted by molar-refractivity contribution is 5.85. The minimum absolute atomic E-state index is 0.00601. The number of benzene rings is 1. The molecule has 0 saturated heterocycles. The Bertz CT molecular complexity index is 662. The van der Waals surface area contributed by atoms with E-state index < -0.39 is 5.97 Å². The zero-order valence-electron chi connectivity index (χ0n) is 11.9. The van der Waals surface area contributed by atoms with Crippen molar-refractivity contribution in [2.24, 2.45) is 5.92 Å². The normalized spacial score (nSPS) is 10.6. The lowest BCUT2D eigenvalue weighted by Gasteiger charge is -2.09. The SMILES string of the molecule is CC(C)C(=O)NCc1cccc(-n2ccc(C(=O)O)n2)c1. The summed E-state index contributed by atoms with van der Waals surface area (Å²) in [6.07, 6.45) is 1.59. The van der Waals surface area contributed by atoms with Gasteiger partial charge in [0.05, 0.1) is 5.69 Å². The van der Waals surface area contributed by atoms with Crippen molar-refractivity contribution in [2.75, 3.05) is 0 Å². The first-order chi connectivity index (χ1) is 9.97. The molecule has 0 aliphatic carbocycles. The van der Waals surface area contributed by atoms with Crippen LogP contribution in [0.1, 0.15) is 29.9 Å². The van der Waals surface area contributed by atoms with E-state index >= 15 is 0 Å². The van der Waals surface area contributed by atoms with E-state index in [1.807, 2.05) is 38.1 Å². The van der Waals surface area contributed by atoms with Gasteiger partial charge in [0.15, 0.2) is 5.69 Å². The van der Waals surface area contributed by atoms with Crippen molar-refractivity contribution in [3.63, 3.8) is 0 Å². The van der Waals surface area contributed by atoms with Gasteiger partial charge in [-0.3, -0.25) is 4.79 Å². The van der Waals surface area contributed by atoms with Crippen LogP contribution in [-0.2, 0) is 11.3 Å². The van der Waals surface area contributed by atoms with E-state index in [-0.39, 0.29) is 17.5 Å². The summed E-state index contributed by atoms with van der Waals surface area (Å²) in [5.74, 6) is -1.13. The molecule has 0 saturated carbocycles. The highest BCUT2D eigenvalue weighted by Gasteiger charge is 2.09. The molecule has 0 fully saturated rings. The van der Waals surface area contributed by atoms with Gasteiger partial charge in [0.2, 0.25) is 5.91 Å². The molecule has 2 rings (SSSR count). The minimum atomic E-state index is -1.06. The number of hydrogen-bond acceptors (Lipinski definition) is 3. The number of aromatic nitrogens is 2. The van der Waals surface area contributed by atoms with Crippen LogP contribution in [0.5, 0.6) is 0 Å². The minimum Gasteiger partial charge on any atom is -0.476 e. The van der Waals surface area contributed by atoms with Gasteiger partial charge in [-0.05, 0) is 23.8 Å². The number of carboxylic acid groups (broad SMARTS) is 1. The predicted octanol–water partition coefficient (Wildman–Crippen LogP) is 1.84.